The molecule has 1 aliphatic rings. The van der Waals surface area contributed by atoms with E-state index in [9.17, 15) is 9.59 Å². The van der Waals surface area contributed by atoms with Gasteiger partial charge in [0.1, 0.15) is 5.75 Å². The number of morpholine rings is 1. The molecule has 1 saturated heterocycles. The van der Waals surface area contributed by atoms with Crippen LogP contribution in [0.1, 0.15) is 31.1 Å². The second-order valence-electron chi connectivity index (χ2n) is 6.61. The van der Waals surface area contributed by atoms with Crippen LogP contribution in [-0.4, -0.2) is 62.1 Å². The predicted molar refractivity (Wildman–Crippen MR) is 96.0 cm³/mol. The van der Waals surface area contributed by atoms with Gasteiger partial charge in [0.2, 0.25) is 0 Å². The number of hydrogen-bond acceptors (Lipinski definition) is 5. The molecule has 1 aromatic carbocycles. The number of nitrogens with one attached hydrogen (secondary N) is 1. The molecule has 0 saturated carbocycles. The van der Waals surface area contributed by atoms with E-state index in [-0.39, 0.29) is 11.7 Å². The van der Waals surface area contributed by atoms with Gasteiger partial charge >= 0.3 is 0 Å². The summed E-state index contributed by atoms with van der Waals surface area (Å²) >= 11 is 0. The molecule has 0 aliphatic carbocycles. The first kappa shape index (κ1) is 19.4. The Hall–Kier alpha value is -1.92. The first-order valence-electron chi connectivity index (χ1n) is 8.81. The number of Topliss-reactive ketones (excluding diaryl/α,β-unsaturated/α-hetero) is 1. The van der Waals surface area contributed by atoms with Crippen LogP contribution in [0.3, 0.4) is 0 Å². The molecule has 0 radical (unpaired) electrons. The van der Waals surface area contributed by atoms with Crippen molar-refractivity contribution in [3.63, 3.8) is 0 Å². The molecule has 6 nitrogen and oxygen atoms in total. The van der Waals surface area contributed by atoms with Crippen LogP contribution in [0, 0.1) is 5.92 Å². The maximum absolute atomic E-state index is 12.2. The Morgan fingerprint density at radius 3 is 2.68 bits per heavy atom. The van der Waals surface area contributed by atoms with E-state index in [1.165, 1.54) is 6.92 Å². The molecule has 1 fully saturated rings. The summed E-state index contributed by atoms with van der Waals surface area (Å²) in [6.45, 7) is 10.4. The van der Waals surface area contributed by atoms with Crippen molar-refractivity contribution < 1.29 is 19.1 Å². The van der Waals surface area contributed by atoms with Crippen LogP contribution < -0.4 is 10.1 Å². The fourth-order valence-corrected chi connectivity index (χ4v) is 2.75. The third kappa shape index (κ3) is 6.48. The number of ketones is 1. The topological polar surface area (TPSA) is 67.9 Å². The Balaban J connectivity index is 1.75. The number of rotatable bonds is 8. The van der Waals surface area contributed by atoms with Crippen molar-refractivity contribution in [3.05, 3.63) is 29.8 Å². The van der Waals surface area contributed by atoms with Crippen LogP contribution in [0.4, 0.5) is 0 Å². The zero-order chi connectivity index (χ0) is 18.2. The lowest BCUT2D eigenvalue weighted by Gasteiger charge is -2.29. The molecule has 2 rings (SSSR count). The first-order chi connectivity index (χ1) is 12.0. The molecule has 0 bridgehead atoms. The maximum atomic E-state index is 12.2. The van der Waals surface area contributed by atoms with E-state index in [0.717, 1.165) is 32.8 Å². The van der Waals surface area contributed by atoms with Crippen molar-refractivity contribution in [3.8, 4) is 5.75 Å². The summed E-state index contributed by atoms with van der Waals surface area (Å²) in [6, 6.07) is 6.89. The van der Waals surface area contributed by atoms with Crippen molar-refractivity contribution >= 4 is 11.7 Å². The second-order valence-corrected chi connectivity index (χ2v) is 6.61. The maximum Gasteiger partial charge on any atom is 0.260 e. The minimum Gasteiger partial charge on any atom is -0.481 e. The summed E-state index contributed by atoms with van der Waals surface area (Å²) in [4.78, 5) is 26.0. The average Bonchev–Trinajstić information content (AvgIpc) is 2.60. The molecule has 1 N–H and O–H groups in total. The van der Waals surface area contributed by atoms with Gasteiger partial charge in [-0.05, 0) is 31.9 Å². The molecule has 1 heterocycles. The monoisotopic (exact) mass is 348 g/mol. The standard InChI is InChI=1S/C19H28N2O4/c1-14(13-21-7-9-24-10-8-21)12-20-19(23)16(3)25-18-6-4-5-17(11-18)15(2)22/h4-6,11,14,16H,7-10,12-13H2,1-3H3,(H,20,23)/t14-,16+/m0/s1. The van der Waals surface area contributed by atoms with Gasteiger partial charge in [-0.25, -0.2) is 0 Å². The minimum absolute atomic E-state index is 0.0282. The van der Waals surface area contributed by atoms with E-state index >= 15 is 0 Å². The highest BCUT2D eigenvalue weighted by atomic mass is 16.5. The van der Waals surface area contributed by atoms with Gasteiger partial charge in [0.05, 0.1) is 13.2 Å². The van der Waals surface area contributed by atoms with Crippen molar-refractivity contribution in [2.75, 3.05) is 39.4 Å². The van der Waals surface area contributed by atoms with E-state index < -0.39 is 6.10 Å². The molecule has 1 aromatic rings. The van der Waals surface area contributed by atoms with Crippen LogP contribution in [0.25, 0.3) is 0 Å². The molecule has 2 atom stereocenters. The van der Waals surface area contributed by atoms with E-state index in [1.807, 2.05) is 0 Å². The number of ether oxygens (including phenoxy) is 2. The Morgan fingerprint density at radius 1 is 1.28 bits per heavy atom. The van der Waals surface area contributed by atoms with Gasteiger partial charge in [-0.3, -0.25) is 14.5 Å². The van der Waals surface area contributed by atoms with Crippen molar-refractivity contribution in [2.45, 2.75) is 26.9 Å². The average molecular weight is 348 g/mol. The number of carbonyl (C=O) groups is 2. The van der Waals surface area contributed by atoms with Gasteiger partial charge in [-0.15, -0.1) is 0 Å². The molecule has 1 amide bonds. The molecule has 6 heteroatoms. The second kappa shape index (κ2) is 9.53. The van der Waals surface area contributed by atoms with E-state index in [4.69, 9.17) is 9.47 Å². The highest BCUT2D eigenvalue weighted by molar-refractivity contribution is 5.94. The summed E-state index contributed by atoms with van der Waals surface area (Å²) in [6.07, 6.45) is -0.613. The van der Waals surface area contributed by atoms with Gasteiger partial charge < -0.3 is 14.8 Å². The van der Waals surface area contributed by atoms with E-state index in [0.29, 0.717) is 23.8 Å². The van der Waals surface area contributed by atoms with Crippen LogP contribution in [0.15, 0.2) is 24.3 Å². The van der Waals surface area contributed by atoms with Crippen molar-refractivity contribution in [1.82, 2.24) is 10.2 Å². The molecular formula is C19H28N2O4. The number of carbonyl (C=O) groups excluding carboxylic acids is 2. The molecule has 138 valence electrons. The predicted octanol–water partition coefficient (Wildman–Crippen LogP) is 1.74. The van der Waals surface area contributed by atoms with Crippen LogP contribution >= 0.6 is 0 Å². The third-order valence-electron chi connectivity index (χ3n) is 4.22. The largest absolute Gasteiger partial charge is 0.481 e. The lowest BCUT2D eigenvalue weighted by Crippen LogP contribution is -2.43. The lowest BCUT2D eigenvalue weighted by molar-refractivity contribution is -0.127. The third-order valence-corrected chi connectivity index (χ3v) is 4.22. The van der Waals surface area contributed by atoms with Gasteiger partial charge in [-0.2, -0.15) is 0 Å². The first-order valence-corrected chi connectivity index (χ1v) is 8.81. The lowest BCUT2D eigenvalue weighted by atomic mass is 10.1. The zero-order valence-electron chi connectivity index (χ0n) is 15.3. The summed E-state index contributed by atoms with van der Waals surface area (Å²) in [7, 11) is 0. The van der Waals surface area contributed by atoms with Gasteiger partial charge in [-0.1, -0.05) is 19.1 Å². The Labute approximate surface area is 149 Å². The van der Waals surface area contributed by atoms with Crippen LogP contribution in [0.2, 0.25) is 0 Å². The number of hydrogen-bond donors (Lipinski definition) is 1. The van der Waals surface area contributed by atoms with E-state index in [2.05, 4.69) is 17.1 Å². The number of amides is 1. The van der Waals surface area contributed by atoms with Gasteiger partial charge in [0.15, 0.2) is 11.9 Å². The van der Waals surface area contributed by atoms with Crippen LogP contribution in [-0.2, 0) is 9.53 Å². The van der Waals surface area contributed by atoms with E-state index in [1.54, 1.807) is 31.2 Å². The molecule has 0 spiro atoms. The molecule has 0 unspecified atom stereocenters. The van der Waals surface area contributed by atoms with Crippen LogP contribution in [0.5, 0.6) is 5.75 Å². The molecule has 25 heavy (non-hydrogen) atoms. The van der Waals surface area contributed by atoms with Gasteiger partial charge in [0, 0.05) is 31.7 Å². The molecular weight excluding hydrogens is 320 g/mol. The fraction of sp³-hybridized carbons (Fsp3) is 0.579. The van der Waals surface area contributed by atoms with Gasteiger partial charge in [0.25, 0.3) is 5.91 Å². The molecule has 0 aromatic heterocycles. The normalized spacial score (nSPS) is 17.6. The summed E-state index contributed by atoms with van der Waals surface area (Å²) in [5.74, 6) is 0.702. The highest BCUT2D eigenvalue weighted by Crippen LogP contribution is 2.15. The fourth-order valence-electron chi connectivity index (χ4n) is 2.75. The summed E-state index contributed by atoms with van der Waals surface area (Å²) in [5, 5.41) is 2.94. The highest BCUT2D eigenvalue weighted by Gasteiger charge is 2.18. The SMILES string of the molecule is CC(=O)c1cccc(O[C@H](C)C(=O)NC[C@H](C)CN2CCOCC2)c1. The summed E-state index contributed by atoms with van der Waals surface area (Å²) < 4.78 is 11.0. The molecule has 1 aliphatic heterocycles. The summed E-state index contributed by atoms with van der Waals surface area (Å²) in [5.41, 5.74) is 0.573. The zero-order valence-corrected chi connectivity index (χ0v) is 15.3. The van der Waals surface area contributed by atoms with Crippen molar-refractivity contribution in [2.24, 2.45) is 5.92 Å². The Morgan fingerprint density at radius 2 is 2.00 bits per heavy atom. The number of nitrogens with zero attached hydrogens (tertiary/aromatic N) is 1. The smallest absolute Gasteiger partial charge is 0.260 e. The minimum atomic E-state index is -0.613. The van der Waals surface area contributed by atoms with Crippen molar-refractivity contribution in [1.29, 1.82) is 0 Å². The Bertz CT molecular complexity index is 585. The number of benzene rings is 1. The quantitative estimate of drug-likeness (QED) is 0.725. The Kier molecular flexibility index (Phi) is 7.40.